The van der Waals surface area contributed by atoms with E-state index in [1.54, 1.807) is 24.4 Å². The second-order valence-corrected chi connectivity index (χ2v) is 5.33. The van der Waals surface area contributed by atoms with Crippen molar-refractivity contribution in [3.05, 3.63) is 59.9 Å². The summed E-state index contributed by atoms with van der Waals surface area (Å²) in [6.45, 7) is 4.76. The first-order chi connectivity index (χ1) is 9.53. The van der Waals surface area contributed by atoms with E-state index in [0.29, 0.717) is 12.2 Å². The predicted molar refractivity (Wildman–Crippen MR) is 80.7 cm³/mol. The molecule has 0 radical (unpaired) electrons. The topological polar surface area (TPSA) is 68.0 Å². The fourth-order valence-electron chi connectivity index (χ4n) is 1.81. The molecule has 4 heteroatoms. The van der Waals surface area contributed by atoms with Crippen LogP contribution in [-0.4, -0.2) is 17.4 Å². The molecule has 0 aliphatic rings. The lowest BCUT2D eigenvalue weighted by Gasteiger charge is -2.23. The zero-order chi connectivity index (χ0) is 14.6. The molecule has 0 aliphatic carbocycles. The van der Waals surface area contributed by atoms with Crippen molar-refractivity contribution >= 4 is 11.6 Å². The van der Waals surface area contributed by atoms with Crippen molar-refractivity contribution in [2.24, 2.45) is 5.73 Å². The van der Waals surface area contributed by atoms with Gasteiger partial charge >= 0.3 is 0 Å². The van der Waals surface area contributed by atoms with Crippen LogP contribution < -0.4 is 11.1 Å². The van der Waals surface area contributed by atoms with Crippen molar-refractivity contribution in [1.29, 1.82) is 0 Å². The first kappa shape index (κ1) is 14.2. The summed E-state index contributed by atoms with van der Waals surface area (Å²) in [5.74, 6) is -0.212. The van der Waals surface area contributed by atoms with E-state index in [-0.39, 0.29) is 11.3 Å². The Labute approximate surface area is 119 Å². The minimum atomic E-state index is -0.212. The van der Waals surface area contributed by atoms with Crippen molar-refractivity contribution in [1.82, 2.24) is 4.98 Å². The molecule has 1 aromatic heterocycles. The highest BCUT2D eigenvalue weighted by molar-refractivity contribution is 6.02. The Bertz CT molecular complexity index is 576. The number of benzene rings is 1. The Morgan fingerprint density at radius 3 is 2.45 bits per heavy atom. The van der Waals surface area contributed by atoms with E-state index in [2.05, 4.69) is 24.1 Å². The maximum absolute atomic E-state index is 12.0. The second-order valence-electron chi connectivity index (χ2n) is 5.33. The average Bonchev–Trinajstić information content (AvgIpc) is 2.48. The number of aromatic nitrogens is 1. The van der Waals surface area contributed by atoms with Crippen LogP contribution in [0, 0.1) is 0 Å². The van der Waals surface area contributed by atoms with Crippen LogP contribution in [0.1, 0.15) is 29.9 Å². The zero-order valence-electron chi connectivity index (χ0n) is 11.8. The van der Waals surface area contributed by atoms with E-state index in [1.807, 2.05) is 24.3 Å². The van der Waals surface area contributed by atoms with E-state index in [9.17, 15) is 4.79 Å². The van der Waals surface area contributed by atoms with Gasteiger partial charge in [-0.3, -0.25) is 9.78 Å². The third-order valence-corrected chi connectivity index (χ3v) is 3.33. The molecule has 104 valence electrons. The van der Waals surface area contributed by atoms with Crippen LogP contribution in [0.3, 0.4) is 0 Å². The summed E-state index contributed by atoms with van der Waals surface area (Å²) in [7, 11) is 0. The molecule has 0 aliphatic heterocycles. The first-order valence-electron chi connectivity index (χ1n) is 6.56. The quantitative estimate of drug-likeness (QED) is 0.896. The lowest BCUT2D eigenvalue weighted by Crippen LogP contribution is -2.28. The smallest absolute Gasteiger partial charge is 0.274 e. The summed E-state index contributed by atoms with van der Waals surface area (Å²) in [5.41, 5.74) is 7.99. The summed E-state index contributed by atoms with van der Waals surface area (Å²) in [4.78, 5) is 16.0. The molecule has 0 bridgehead atoms. The molecule has 1 heterocycles. The molecule has 1 aromatic carbocycles. The summed E-state index contributed by atoms with van der Waals surface area (Å²) in [6, 6.07) is 13.0. The predicted octanol–water partition coefficient (Wildman–Crippen LogP) is 2.57. The van der Waals surface area contributed by atoms with Gasteiger partial charge in [-0.2, -0.15) is 0 Å². The molecular weight excluding hydrogens is 250 g/mol. The molecule has 20 heavy (non-hydrogen) atoms. The fourth-order valence-corrected chi connectivity index (χ4v) is 1.81. The normalized spacial score (nSPS) is 11.2. The Kier molecular flexibility index (Phi) is 4.15. The maximum atomic E-state index is 12.0. The maximum Gasteiger partial charge on any atom is 0.274 e. The van der Waals surface area contributed by atoms with Crippen LogP contribution >= 0.6 is 0 Å². The Hall–Kier alpha value is -2.20. The van der Waals surface area contributed by atoms with Gasteiger partial charge in [0.25, 0.3) is 5.91 Å². The van der Waals surface area contributed by atoms with Crippen LogP contribution in [0.15, 0.2) is 48.7 Å². The van der Waals surface area contributed by atoms with Gasteiger partial charge in [-0.05, 0) is 29.8 Å². The number of nitrogens with zero attached hydrogens (tertiary/aromatic N) is 1. The zero-order valence-corrected chi connectivity index (χ0v) is 11.8. The number of nitrogens with two attached hydrogens (primary N) is 1. The fraction of sp³-hybridized carbons (Fsp3) is 0.250. The number of nitrogens with one attached hydrogen (secondary N) is 1. The first-order valence-corrected chi connectivity index (χ1v) is 6.56. The molecule has 0 saturated carbocycles. The molecule has 4 nitrogen and oxygen atoms in total. The number of anilines is 1. The monoisotopic (exact) mass is 269 g/mol. The van der Waals surface area contributed by atoms with Crippen molar-refractivity contribution in [2.45, 2.75) is 19.3 Å². The lowest BCUT2D eigenvalue weighted by atomic mass is 9.85. The number of pyridine rings is 1. The number of hydrogen-bond acceptors (Lipinski definition) is 3. The van der Waals surface area contributed by atoms with E-state index in [0.717, 1.165) is 11.3 Å². The number of carbonyl (C=O) groups excluding carboxylic acids is 1. The standard InChI is InChI=1S/C16H19N3O/c1-16(2,11-17)12-6-8-13(9-7-12)19-15(20)14-5-3-4-10-18-14/h3-10H,11,17H2,1-2H3,(H,19,20). The van der Waals surface area contributed by atoms with E-state index < -0.39 is 0 Å². The summed E-state index contributed by atoms with van der Waals surface area (Å²) in [5, 5.41) is 2.82. The van der Waals surface area contributed by atoms with Crippen LogP contribution in [-0.2, 0) is 5.41 Å². The van der Waals surface area contributed by atoms with Gasteiger partial charge in [0.1, 0.15) is 5.69 Å². The van der Waals surface area contributed by atoms with E-state index in [4.69, 9.17) is 5.73 Å². The largest absolute Gasteiger partial charge is 0.330 e. The van der Waals surface area contributed by atoms with E-state index >= 15 is 0 Å². The summed E-state index contributed by atoms with van der Waals surface area (Å²) >= 11 is 0. The molecule has 0 atom stereocenters. The minimum absolute atomic E-state index is 0.0659. The third kappa shape index (κ3) is 3.22. The highest BCUT2D eigenvalue weighted by Crippen LogP contribution is 2.23. The number of amides is 1. The molecule has 0 fully saturated rings. The Balaban J connectivity index is 2.10. The number of carbonyl (C=O) groups is 1. The van der Waals surface area contributed by atoms with Crippen molar-refractivity contribution < 1.29 is 4.79 Å². The highest BCUT2D eigenvalue weighted by atomic mass is 16.1. The van der Waals surface area contributed by atoms with Gasteiger partial charge in [0.15, 0.2) is 0 Å². The minimum Gasteiger partial charge on any atom is -0.330 e. The molecule has 3 N–H and O–H groups in total. The van der Waals surface area contributed by atoms with Crippen LogP contribution in [0.2, 0.25) is 0 Å². The Morgan fingerprint density at radius 2 is 1.90 bits per heavy atom. The van der Waals surface area contributed by atoms with Crippen molar-refractivity contribution in [2.75, 3.05) is 11.9 Å². The van der Waals surface area contributed by atoms with Crippen molar-refractivity contribution in [3.8, 4) is 0 Å². The molecule has 1 amide bonds. The van der Waals surface area contributed by atoms with Crippen molar-refractivity contribution in [3.63, 3.8) is 0 Å². The van der Waals surface area contributed by atoms with Gasteiger partial charge in [-0.15, -0.1) is 0 Å². The molecule has 0 spiro atoms. The molecule has 0 saturated heterocycles. The lowest BCUT2D eigenvalue weighted by molar-refractivity contribution is 0.102. The van der Waals surface area contributed by atoms with Gasteiger partial charge < -0.3 is 11.1 Å². The van der Waals surface area contributed by atoms with E-state index in [1.165, 1.54) is 0 Å². The van der Waals surface area contributed by atoms with Gasteiger partial charge in [-0.1, -0.05) is 32.0 Å². The van der Waals surface area contributed by atoms with Gasteiger partial charge in [-0.25, -0.2) is 0 Å². The highest BCUT2D eigenvalue weighted by Gasteiger charge is 2.18. The number of rotatable bonds is 4. The molecular formula is C16H19N3O. The SMILES string of the molecule is CC(C)(CN)c1ccc(NC(=O)c2ccccn2)cc1. The Morgan fingerprint density at radius 1 is 1.20 bits per heavy atom. The summed E-state index contributed by atoms with van der Waals surface area (Å²) in [6.07, 6.45) is 1.60. The third-order valence-electron chi connectivity index (χ3n) is 3.33. The van der Waals surface area contributed by atoms with Crippen LogP contribution in [0.4, 0.5) is 5.69 Å². The van der Waals surface area contributed by atoms with Gasteiger partial charge in [0, 0.05) is 23.8 Å². The second kappa shape index (κ2) is 5.84. The van der Waals surface area contributed by atoms with Crippen LogP contribution in [0.25, 0.3) is 0 Å². The van der Waals surface area contributed by atoms with Gasteiger partial charge in [0.2, 0.25) is 0 Å². The number of hydrogen-bond donors (Lipinski definition) is 2. The molecule has 0 unspecified atom stereocenters. The molecule has 2 rings (SSSR count). The van der Waals surface area contributed by atoms with Crippen LogP contribution in [0.5, 0.6) is 0 Å². The summed E-state index contributed by atoms with van der Waals surface area (Å²) < 4.78 is 0. The molecule has 2 aromatic rings. The van der Waals surface area contributed by atoms with Gasteiger partial charge in [0.05, 0.1) is 0 Å². The average molecular weight is 269 g/mol.